The van der Waals surface area contributed by atoms with Crippen molar-refractivity contribution in [1.82, 2.24) is 16.0 Å². The smallest absolute Gasteiger partial charge is 0.251 e. The summed E-state index contributed by atoms with van der Waals surface area (Å²) in [5.74, 6) is 2.01. The molecule has 0 aromatic heterocycles. The molecule has 0 radical (unpaired) electrons. The van der Waals surface area contributed by atoms with Gasteiger partial charge in [0.25, 0.3) is 5.91 Å². The highest BCUT2D eigenvalue weighted by molar-refractivity contribution is 9.10. The monoisotopic (exact) mass is 412 g/mol. The van der Waals surface area contributed by atoms with Crippen molar-refractivity contribution in [2.45, 2.75) is 25.0 Å². The first-order chi connectivity index (χ1) is 11.7. The first-order valence-electron chi connectivity index (χ1n) is 8.36. The fourth-order valence-electron chi connectivity index (χ4n) is 2.41. The van der Waals surface area contributed by atoms with Gasteiger partial charge in [-0.25, -0.2) is 0 Å². The zero-order valence-electron chi connectivity index (χ0n) is 14.0. The van der Waals surface area contributed by atoms with Crippen LogP contribution in [0.25, 0.3) is 0 Å². The van der Waals surface area contributed by atoms with Gasteiger partial charge in [-0.05, 0) is 43.7 Å². The number of benzene rings is 1. The van der Waals surface area contributed by atoms with Gasteiger partial charge in [0.05, 0.1) is 6.54 Å². The van der Waals surface area contributed by atoms with Crippen molar-refractivity contribution in [3.05, 3.63) is 34.3 Å². The molecule has 2 rings (SSSR count). The molecule has 1 fully saturated rings. The molecule has 1 unspecified atom stereocenters. The lowest BCUT2D eigenvalue weighted by atomic mass is 10.2. The summed E-state index contributed by atoms with van der Waals surface area (Å²) in [6.45, 7) is 4.92. The largest absolute Gasteiger partial charge is 0.357 e. The number of hydrogen-bond donors (Lipinski definition) is 3. The van der Waals surface area contributed by atoms with Gasteiger partial charge >= 0.3 is 0 Å². The number of aliphatic imine (C=N–C) groups is 1. The predicted molar refractivity (Wildman–Crippen MR) is 106 cm³/mol. The first-order valence-corrected chi connectivity index (χ1v) is 10.2. The Labute approximate surface area is 156 Å². The minimum absolute atomic E-state index is 0.0672. The number of nitrogens with zero attached hydrogens (tertiary/aromatic N) is 1. The zero-order valence-corrected chi connectivity index (χ0v) is 16.4. The lowest BCUT2D eigenvalue weighted by molar-refractivity contribution is 0.0954. The molecule has 3 N–H and O–H groups in total. The van der Waals surface area contributed by atoms with E-state index < -0.39 is 0 Å². The van der Waals surface area contributed by atoms with Gasteiger partial charge < -0.3 is 16.0 Å². The number of amides is 1. The molecule has 0 aliphatic carbocycles. The van der Waals surface area contributed by atoms with Crippen molar-refractivity contribution in [2.75, 3.05) is 31.9 Å². The fourth-order valence-corrected chi connectivity index (χ4v) is 3.99. The molecular weight excluding hydrogens is 388 g/mol. The van der Waals surface area contributed by atoms with Crippen LogP contribution in [0.3, 0.4) is 0 Å². The summed E-state index contributed by atoms with van der Waals surface area (Å²) >= 11 is 5.39. The molecule has 7 heteroatoms. The summed E-state index contributed by atoms with van der Waals surface area (Å²) < 4.78 is 0.902. The van der Waals surface area contributed by atoms with Crippen LogP contribution in [-0.2, 0) is 0 Å². The van der Waals surface area contributed by atoms with E-state index in [0.29, 0.717) is 23.9 Å². The Bertz CT molecular complexity index is 561. The van der Waals surface area contributed by atoms with Crippen LogP contribution < -0.4 is 16.0 Å². The Hall–Kier alpha value is -1.21. The lowest BCUT2D eigenvalue weighted by Crippen LogP contribution is -2.41. The average molecular weight is 413 g/mol. The number of carbonyl (C=O) groups is 1. The molecule has 1 aliphatic heterocycles. The Morgan fingerprint density at radius 3 is 2.88 bits per heavy atom. The van der Waals surface area contributed by atoms with Crippen LogP contribution in [0.4, 0.5) is 0 Å². The van der Waals surface area contributed by atoms with E-state index in [-0.39, 0.29) is 5.91 Å². The topological polar surface area (TPSA) is 65.5 Å². The Morgan fingerprint density at radius 2 is 2.17 bits per heavy atom. The third-order valence-electron chi connectivity index (χ3n) is 3.61. The van der Waals surface area contributed by atoms with E-state index in [2.05, 4.69) is 43.8 Å². The average Bonchev–Trinajstić information content (AvgIpc) is 3.09. The second-order valence-electron chi connectivity index (χ2n) is 5.55. The van der Waals surface area contributed by atoms with E-state index in [1.165, 1.54) is 18.6 Å². The molecular formula is C17H25BrN4OS. The van der Waals surface area contributed by atoms with Crippen molar-refractivity contribution in [1.29, 1.82) is 0 Å². The molecule has 1 saturated heterocycles. The van der Waals surface area contributed by atoms with Crippen molar-refractivity contribution < 1.29 is 4.79 Å². The number of rotatable bonds is 7. The maximum atomic E-state index is 12.1. The van der Waals surface area contributed by atoms with Crippen LogP contribution in [0.1, 0.15) is 30.1 Å². The van der Waals surface area contributed by atoms with Crippen molar-refractivity contribution in [3.8, 4) is 0 Å². The molecule has 0 spiro atoms. The van der Waals surface area contributed by atoms with Gasteiger partial charge in [0, 0.05) is 34.9 Å². The molecule has 0 bridgehead atoms. The third kappa shape index (κ3) is 6.73. The summed E-state index contributed by atoms with van der Waals surface area (Å²) in [4.78, 5) is 16.7. The number of guanidine groups is 1. The summed E-state index contributed by atoms with van der Waals surface area (Å²) in [6, 6.07) is 7.38. The normalized spacial score (nSPS) is 17.6. The summed E-state index contributed by atoms with van der Waals surface area (Å²) in [5.41, 5.74) is 0.656. The number of thioether (sulfide) groups is 1. The van der Waals surface area contributed by atoms with Gasteiger partial charge in [0.1, 0.15) is 0 Å². The Kier molecular flexibility index (Phi) is 8.45. The van der Waals surface area contributed by atoms with Crippen LogP contribution >= 0.6 is 27.7 Å². The first kappa shape index (κ1) is 19.1. The molecule has 0 saturated carbocycles. The molecule has 1 amide bonds. The SMILES string of the molecule is CCNC(=NCC1CCCS1)NCCNC(=O)c1cccc(Br)c1. The highest BCUT2D eigenvalue weighted by Gasteiger charge is 2.14. The van der Waals surface area contributed by atoms with E-state index in [4.69, 9.17) is 0 Å². The summed E-state index contributed by atoms with van der Waals surface area (Å²) in [7, 11) is 0. The molecule has 132 valence electrons. The number of carbonyl (C=O) groups excluding carboxylic acids is 1. The van der Waals surface area contributed by atoms with Gasteiger partial charge in [-0.15, -0.1) is 0 Å². The Balaban J connectivity index is 1.71. The van der Waals surface area contributed by atoms with Crippen LogP contribution in [-0.4, -0.2) is 49.0 Å². The van der Waals surface area contributed by atoms with Gasteiger partial charge in [0.2, 0.25) is 0 Å². The van der Waals surface area contributed by atoms with Gasteiger partial charge in [-0.1, -0.05) is 22.0 Å². The van der Waals surface area contributed by atoms with Gasteiger partial charge in [0.15, 0.2) is 5.96 Å². The second kappa shape index (κ2) is 10.6. The molecule has 24 heavy (non-hydrogen) atoms. The molecule has 1 atom stereocenters. The van der Waals surface area contributed by atoms with Gasteiger partial charge in [-0.2, -0.15) is 11.8 Å². The van der Waals surface area contributed by atoms with Crippen LogP contribution in [0.2, 0.25) is 0 Å². The number of halogens is 1. The van der Waals surface area contributed by atoms with Crippen LogP contribution in [0.15, 0.2) is 33.7 Å². The fraction of sp³-hybridized carbons (Fsp3) is 0.529. The standard InChI is InChI=1S/C17H25BrN4OS/c1-2-19-17(22-12-15-7-4-10-24-15)21-9-8-20-16(23)13-5-3-6-14(18)11-13/h3,5-6,11,15H,2,4,7-10,12H2,1H3,(H,20,23)(H2,19,21,22). The van der Waals surface area contributed by atoms with Gasteiger partial charge in [-0.3, -0.25) is 9.79 Å². The lowest BCUT2D eigenvalue weighted by Gasteiger charge is -2.13. The van der Waals surface area contributed by atoms with Crippen LogP contribution in [0, 0.1) is 0 Å². The van der Waals surface area contributed by atoms with Crippen molar-refractivity contribution in [2.24, 2.45) is 4.99 Å². The Morgan fingerprint density at radius 1 is 1.33 bits per heavy atom. The van der Waals surface area contributed by atoms with Crippen LogP contribution in [0.5, 0.6) is 0 Å². The summed E-state index contributed by atoms with van der Waals surface area (Å²) in [5, 5.41) is 10.1. The maximum absolute atomic E-state index is 12.1. The zero-order chi connectivity index (χ0) is 17.2. The number of hydrogen-bond acceptors (Lipinski definition) is 3. The molecule has 1 aromatic rings. The minimum Gasteiger partial charge on any atom is -0.357 e. The van der Waals surface area contributed by atoms with Crippen molar-refractivity contribution >= 4 is 39.6 Å². The highest BCUT2D eigenvalue weighted by atomic mass is 79.9. The van der Waals surface area contributed by atoms with E-state index in [1.807, 2.05) is 30.0 Å². The van der Waals surface area contributed by atoms with E-state index >= 15 is 0 Å². The second-order valence-corrected chi connectivity index (χ2v) is 7.87. The molecule has 1 aromatic carbocycles. The van der Waals surface area contributed by atoms with E-state index in [1.54, 1.807) is 6.07 Å². The molecule has 5 nitrogen and oxygen atoms in total. The maximum Gasteiger partial charge on any atom is 0.251 e. The number of nitrogens with one attached hydrogen (secondary N) is 3. The minimum atomic E-state index is -0.0672. The highest BCUT2D eigenvalue weighted by Crippen LogP contribution is 2.25. The quantitative estimate of drug-likeness (QED) is 0.365. The molecule has 1 aliphatic rings. The van der Waals surface area contributed by atoms with E-state index in [0.717, 1.165) is 23.5 Å². The van der Waals surface area contributed by atoms with Crippen molar-refractivity contribution in [3.63, 3.8) is 0 Å². The summed E-state index contributed by atoms with van der Waals surface area (Å²) in [6.07, 6.45) is 2.56. The third-order valence-corrected chi connectivity index (χ3v) is 5.48. The predicted octanol–water partition coefficient (Wildman–Crippen LogP) is 2.63. The molecule has 1 heterocycles. The van der Waals surface area contributed by atoms with E-state index in [9.17, 15) is 4.79 Å².